The number of dihydropyridines is 1. The molecule has 1 N–H and O–H groups in total. The van der Waals surface area contributed by atoms with E-state index >= 15 is 0 Å². The number of benzene rings is 2. The number of imide groups is 1. The first-order valence-corrected chi connectivity index (χ1v) is 12.4. The number of esters is 2. The lowest BCUT2D eigenvalue weighted by atomic mass is 9.79. The number of methoxy groups -OCH3 is 1. The molecule has 2 heterocycles. The van der Waals surface area contributed by atoms with E-state index in [4.69, 9.17) is 14.2 Å². The second-order valence-electron chi connectivity index (χ2n) is 8.79. The Balaban J connectivity index is 1.65. The Hall–Kier alpha value is -4.82. The normalized spacial score (nSPS) is 16.4. The van der Waals surface area contributed by atoms with Gasteiger partial charge in [-0.3, -0.25) is 14.5 Å². The summed E-state index contributed by atoms with van der Waals surface area (Å²) in [5, 5.41) is 12.2. The smallest absolute Gasteiger partial charge is 0.336 e. The standard InChI is InChI=1S/C29H26FN3O7/c1-3-40-29(37)25-22(16-39-12-11-33-26(34)19-9-4-5-10-20(19)27(33)35)32-21(14-30)24(28(36)38-2)23(25)18-8-6-7-17(13-18)15-31/h4-10,13,23,32H,3,11-12,14,16H2,1-2H3. The van der Waals surface area contributed by atoms with Crippen molar-refractivity contribution in [2.45, 2.75) is 12.8 Å². The van der Waals surface area contributed by atoms with Crippen molar-refractivity contribution in [3.63, 3.8) is 0 Å². The molecule has 0 saturated heterocycles. The molecule has 206 valence electrons. The summed E-state index contributed by atoms with van der Waals surface area (Å²) in [7, 11) is 1.14. The molecule has 2 amide bonds. The second-order valence-corrected chi connectivity index (χ2v) is 8.79. The summed E-state index contributed by atoms with van der Waals surface area (Å²) in [5.74, 6) is -3.63. The number of hydrogen-bond donors (Lipinski definition) is 1. The minimum Gasteiger partial charge on any atom is -0.466 e. The largest absolute Gasteiger partial charge is 0.466 e. The topological polar surface area (TPSA) is 135 Å². The first-order chi connectivity index (χ1) is 19.4. The van der Waals surface area contributed by atoms with Gasteiger partial charge in [0.1, 0.15) is 6.67 Å². The van der Waals surface area contributed by atoms with E-state index in [-0.39, 0.29) is 54.5 Å². The molecule has 0 saturated carbocycles. The maximum atomic E-state index is 14.3. The summed E-state index contributed by atoms with van der Waals surface area (Å²) in [5.41, 5.74) is 1.10. The summed E-state index contributed by atoms with van der Waals surface area (Å²) in [6.45, 7) is 0.148. The Kier molecular flexibility index (Phi) is 8.71. The van der Waals surface area contributed by atoms with Crippen molar-refractivity contribution in [3.05, 3.63) is 93.3 Å². The van der Waals surface area contributed by atoms with Gasteiger partial charge in [-0.05, 0) is 36.8 Å². The van der Waals surface area contributed by atoms with Crippen molar-refractivity contribution in [3.8, 4) is 6.07 Å². The number of rotatable bonds is 10. The van der Waals surface area contributed by atoms with Crippen LogP contribution in [-0.4, -0.2) is 68.8 Å². The minimum absolute atomic E-state index is 0.0183. The SMILES string of the molecule is CCOC(=O)C1=C(COCCN2C(=O)c3ccccc3C2=O)NC(CF)=C(C(=O)OC)C1c1cccc(C#N)c1. The monoisotopic (exact) mass is 547 g/mol. The maximum absolute atomic E-state index is 14.3. The summed E-state index contributed by atoms with van der Waals surface area (Å²) < 4.78 is 30.2. The highest BCUT2D eigenvalue weighted by atomic mass is 19.1. The van der Waals surface area contributed by atoms with Gasteiger partial charge in [0.15, 0.2) is 0 Å². The van der Waals surface area contributed by atoms with Crippen LogP contribution in [0.2, 0.25) is 0 Å². The molecular formula is C29H26FN3O7. The molecule has 0 spiro atoms. The molecule has 4 rings (SSSR count). The van der Waals surface area contributed by atoms with Crippen LogP contribution in [0.25, 0.3) is 0 Å². The van der Waals surface area contributed by atoms with Crippen LogP contribution in [0.4, 0.5) is 4.39 Å². The van der Waals surface area contributed by atoms with Gasteiger partial charge >= 0.3 is 11.9 Å². The van der Waals surface area contributed by atoms with Crippen LogP contribution in [0, 0.1) is 11.3 Å². The summed E-state index contributed by atoms with van der Waals surface area (Å²) >= 11 is 0. The van der Waals surface area contributed by atoms with Gasteiger partial charge in [-0.15, -0.1) is 0 Å². The summed E-state index contributed by atoms with van der Waals surface area (Å²) in [6, 6.07) is 14.7. The Morgan fingerprint density at radius 1 is 1.02 bits per heavy atom. The molecule has 2 aromatic rings. The van der Waals surface area contributed by atoms with Crippen molar-refractivity contribution in [1.29, 1.82) is 5.26 Å². The van der Waals surface area contributed by atoms with Crippen LogP contribution in [0.5, 0.6) is 0 Å². The number of nitrogens with one attached hydrogen (secondary N) is 1. The number of nitriles is 1. The van der Waals surface area contributed by atoms with E-state index in [1.54, 1.807) is 49.4 Å². The maximum Gasteiger partial charge on any atom is 0.336 e. The number of carbonyl (C=O) groups excluding carboxylic acids is 4. The van der Waals surface area contributed by atoms with Crippen LogP contribution in [0.3, 0.4) is 0 Å². The van der Waals surface area contributed by atoms with Crippen molar-refractivity contribution in [2.75, 3.05) is 40.1 Å². The third-order valence-electron chi connectivity index (χ3n) is 6.50. The fourth-order valence-electron chi connectivity index (χ4n) is 4.72. The Morgan fingerprint density at radius 2 is 1.70 bits per heavy atom. The third kappa shape index (κ3) is 5.34. The van der Waals surface area contributed by atoms with Crippen LogP contribution >= 0.6 is 0 Å². The van der Waals surface area contributed by atoms with Gasteiger partial charge in [0.2, 0.25) is 0 Å². The lowest BCUT2D eigenvalue weighted by Gasteiger charge is -2.31. The van der Waals surface area contributed by atoms with Crippen LogP contribution in [0.15, 0.2) is 71.1 Å². The molecule has 0 radical (unpaired) electrons. The molecule has 1 unspecified atom stereocenters. The average Bonchev–Trinajstić information content (AvgIpc) is 3.22. The van der Waals surface area contributed by atoms with E-state index in [1.807, 2.05) is 6.07 Å². The van der Waals surface area contributed by atoms with Gasteiger partial charge in [0.25, 0.3) is 11.8 Å². The van der Waals surface area contributed by atoms with E-state index < -0.39 is 36.3 Å². The second kappa shape index (κ2) is 12.4. The first-order valence-electron chi connectivity index (χ1n) is 12.4. The number of ether oxygens (including phenoxy) is 3. The average molecular weight is 548 g/mol. The van der Waals surface area contributed by atoms with Crippen LogP contribution in [-0.2, 0) is 23.8 Å². The van der Waals surface area contributed by atoms with Crippen LogP contribution in [0.1, 0.15) is 44.7 Å². The Labute approximate surface area is 229 Å². The molecule has 2 aromatic carbocycles. The number of hydrogen-bond acceptors (Lipinski definition) is 9. The quantitative estimate of drug-likeness (QED) is 0.271. The molecule has 1 atom stereocenters. The predicted octanol–water partition coefficient (Wildman–Crippen LogP) is 2.77. The fourth-order valence-corrected chi connectivity index (χ4v) is 4.72. The van der Waals surface area contributed by atoms with Crippen LogP contribution < -0.4 is 5.32 Å². The predicted molar refractivity (Wildman–Crippen MR) is 138 cm³/mol. The molecule has 0 fully saturated rings. The molecular weight excluding hydrogens is 521 g/mol. The lowest BCUT2D eigenvalue weighted by Crippen LogP contribution is -2.37. The van der Waals surface area contributed by atoms with Crippen molar-refractivity contribution in [2.24, 2.45) is 0 Å². The van der Waals surface area contributed by atoms with Gasteiger partial charge in [-0.1, -0.05) is 24.3 Å². The molecule has 11 heteroatoms. The molecule has 2 aliphatic rings. The number of allylic oxidation sites excluding steroid dienone is 1. The minimum atomic E-state index is -1.12. The third-order valence-corrected chi connectivity index (χ3v) is 6.50. The van der Waals surface area contributed by atoms with Gasteiger partial charge in [-0.25, -0.2) is 14.0 Å². The number of fused-ring (bicyclic) bond motifs is 1. The van der Waals surface area contributed by atoms with E-state index in [1.165, 1.54) is 6.07 Å². The highest BCUT2D eigenvalue weighted by Crippen LogP contribution is 2.40. The molecule has 0 aliphatic carbocycles. The van der Waals surface area contributed by atoms with Gasteiger partial charge in [0, 0.05) is 0 Å². The van der Waals surface area contributed by atoms with Crippen molar-refractivity contribution in [1.82, 2.24) is 10.2 Å². The number of alkyl halides is 1. The zero-order valence-electron chi connectivity index (χ0n) is 21.9. The molecule has 0 bridgehead atoms. The van der Waals surface area contributed by atoms with Gasteiger partial charge in [0.05, 0.1) is 84.7 Å². The van der Waals surface area contributed by atoms with Gasteiger partial charge < -0.3 is 19.5 Å². The van der Waals surface area contributed by atoms with E-state index in [0.717, 1.165) is 12.0 Å². The Bertz CT molecular complexity index is 1440. The molecule has 40 heavy (non-hydrogen) atoms. The summed E-state index contributed by atoms with van der Waals surface area (Å²) in [4.78, 5) is 52.4. The number of halogens is 1. The summed E-state index contributed by atoms with van der Waals surface area (Å²) in [6.07, 6.45) is 0. The Morgan fingerprint density at radius 3 is 2.30 bits per heavy atom. The van der Waals surface area contributed by atoms with E-state index in [9.17, 15) is 28.8 Å². The lowest BCUT2D eigenvalue weighted by molar-refractivity contribution is -0.139. The van der Waals surface area contributed by atoms with E-state index in [2.05, 4.69) is 5.32 Å². The van der Waals surface area contributed by atoms with Crippen molar-refractivity contribution < 1.29 is 37.8 Å². The highest BCUT2D eigenvalue weighted by molar-refractivity contribution is 6.21. The number of nitrogens with zero attached hydrogens (tertiary/aromatic N) is 2. The van der Waals surface area contributed by atoms with Gasteiger partial charge in [-0.2, -0.15) is 5.26 Å². The molecule has 0 aromatic heterocycles. The van der Waals surface area contributed by atoms with Crippen molar-refractivity contribution >= 4 is 23.8 Å². The molecule has 2 aliphatic heterocycles. The highest BCUT2D eigenvalue weighted by Gasteiger charge is 2.40. The first kappa shape index (κ1) is 28.2. The fraction of sp³-hybridized carbons (Fsp3) is 0.276. The number of carbonyl (C=O) groups is 4. The van der Waals surface area contributed by atoms with E-state index in [0.29, 0.717) is 16.7 Å². The molecule has 10 nitrogen and oxygen atoms in total. The number of amides is 2. The zero-order valence-corrected chi connectivity index (χ0v) is 21.9. The zero-order chi connectivity index (χ0) is 28.8.